The SMILES string of the molecule is Nc1nc2cnc(C=O)cc2s1. The smallest absolute Gasteiger partial charge is 0.181 e. The Labute approximate surface area is 72.1 Å². The summed E-state index contributed by atoms with van der Waals surface area (Å²) in [7, 11) is 0. The van der Waals surface area contributed by atoms with E-state index in [9.17, 15) is 4.79 Å². The van der Waals surface area contributed by atoms with Crippen LogP contribution in [0.1, 0.15) is 10.5 Å². The fourth-order valence-electron chi connectivity index (χ4n) is 0.929. The number of thiazole rings is 1. The predicted octanol–water partition coefficient (Wildman–Crippen LogP) is 1.09. The number of aldehydes is 1. The lowest BCUT2D eigenvalue weighted by Crippen LogP contribution is -1.84. The maximum Gasteiger partial charge on any atom is 0.181 e. The minimum absolute atomic E-state index is 0.408. The van der Waals surface area contributed by atoms with Crippen molar-refractivity contribution >= 4 is 33.0 Å². The third-order valence-corrected chi connectivity index (χ3v) is 2.28. The summed E-state index contributed by atoms with van der Waals surface area (Å²) < 4.78 is 0.893. The molecule has 2 heterocycles. The van der Waals surface area contributed by atoms with Gasteiger partial charge in [0, 0.05) is 0 Å². The molecule has 60 valence electrons. The number of carbonyl (C=O) groups excluding carboxylic acids is 1. The summed E-state index contributed by atoms with van der Waals surface area (Å²) in [6.45, 7) is 0. The number of rotatable bonds is 1. The molecule has 5 heteroatoms. The second kappa shape index (κ2) is 2.53. The van der Waals surface area contributed by atoms with E-state index < -0.39 is 0 Å². The predicted molar refractivity (Wildman–Crippen MR) is 47.2 cm³/mol. The zero-order valence-electron chi connectivity index (χ0n) is 6.02. The first-order valence-electron chi connectivity index (χ1n) is 3.27. The van der Waals surface area contributed by atoms with Crippen molar-refractivity contribution in [1.29, 1.82) is 0 Å². The molecule has 0 aliphatic carbocycles. The van der Waals surface area contributed by atoms with E-state index in [2.05, 4.69) is 9.97 Å². The molecule has 2 aromatic heterocycles. The van der Waals surface area contributed by atoms with Gasteiger partial charge in [-0.15, -0.1) is 0 Å². The Morgan fingerprint density at radius 1 is 1.58 bits per heavy atom. The highest BCUT2D eigenvalue weighted by molar-refractivity contribution is 7.22. The summed E-state index contributed by atoms with van der Waals surface area (Å²) in [5.41, 5.74) is 6.62. The van der Waals surface area contributed by atoms with Gasteiger partial charge in [-0.2, -0.15) is 0 Å². The van der Waals surface area contributed by atoms with E-state index in [1.165, 1.54) is 11.3 Å². The number of hydrogen-bond acceptors (Lipinski definition) is 5. The van der Waals surface area contributed by atoms with Crippen LogP contribution in [0.3, 0.4) is 0 Å². The fraction of sp³-hybridized carbons (Fsp3) is 0. The van der Waals surface area contributed by atoms with Gasteiger partial charge >= 0.3 is 0 Å². The first-order chi connectivity index (χ1) is 5.79. The molecular formula is C7H5N3OS. The Kier molecular flexibility index (Phi) is 1.51. The highest BCUT2D eigenvalue weighted by Crippen LogP contribution is 2.22. The molecule has 0 saturated heterocycles. The van der Waals surface area contributed by atoms with Crippen molar-refractivity contribution in [3.8, 4) is 0 Å². The van der Waals surface area contributed by atoms with Crippen molar-refractivity contribution in [2.75, 3.05) is 5.73 Å². The third kappa shape index (κ3) is 1.04. The topological polar surface area (TPSA) is 68.9 Å². The summed E-state index contributed by atoms with van der Waals surface area (Å²) in [4.78, 5) is 18.2. The van der Waals surface area contributed by atoms with E-state index in [1.54, 1.807) is 12.3 Å². The number of hydrogen-bond donors (Lipinski definition) is 1. The van der Waals surface area contributed by atoms with E-state index in [4.69, 9.17) is 5.73 Å². The fourth-order valence-corrected chi connectivity index (χ4v) is 1.68. The first kappa shape index (κ1) is 7.17. The number of nitrogen functional groups attached to an aromatic ring is 1. The zero-order chi connectivity index (χ0) is 8.55. The number of aromatic nitrogens is 2. The minimum Gasteiger partial charge on any atom is -0.375 e. The van der Waals surface area contributed by atoms with Gasteiger partial charge in [-0.25, -0.2) is 4.98 Å². The van der Waals surface area contributed by atoms with Crippen LogP contribution < -0.4 is 5.73 Å². The molecule has 2 N–H and O–H groups in total. The first-order valence-corrected chi connectivity index (χ1v) is 4.08. The molecule has 4 nitrogen and oxygen atoms in total. The molecule has 0 amide bonds. The van der Waals surface area contributed by atoms with Crippen LogP contribution in [-0.2, 0) is 0 Å². The number of nitrogens with zero attached hydrogens (tertiary/aromatic N) is 2. The molecule has 0 unspecified atom stereocenters. The largest absolute Gasteiger partial charge is 0.375 e. The van der Waals surface area contributed by atoms with Gasteiger partial charge in [0.05, 0.1) is 10.9 Å². The Morgan fingerprint density at radius 2 is 2.42 bits per heavy atom. The summed E-state index contributed by atoms with van der Waals surface area (Å²) in [6.07, 6.45) is 2.25. The molecule has 0 spiro atoms. The van der Waals surface area contributed by atoms with Crippen LogP contribution in [0.25, 0.3) is 10.2 Å². The lowest BCUT2D eigenvalue weighted by atomic mass is 10.4. The van der Waals surface area contributed by atoms with Crippen molar-refractivity contribution in [2.24, 2.45) is 0 Å². The zero-order valence-corrected chi connectivity index (χ0v) is 6.84. The van der Waals surface area contributed by atoms with E-state index in [0.29, 0.717) is 17.1 Å². The van der Waals surface area contributed by atoms with Crippen LogP contribution in [0.15, 0.2) is 12.3 Å². The lowest BCUT2D eigenvalue weighted by Gasteiger charge is -1.87. The van der Waals surface area contributed by atoms with Gasteiger partial charge in [-0.1, -0.05) is 11.3 Å². The Balaban J connectivity index is 2.74. The van der Waals surface area contributed by atoms with Crippen molar-refractivity contribution < 1.29 is 4.79 Å². The maximum atomic E-state index is 10.3. The minimum atomic E-state index is 0.408. The Bertz CT molecular complexity index is 437. The molecule has 2 rings (SSSR count). The van der Waals surface area contributed by atoms with Crippen LogP contribution >= 0.6 is 11.3 Å². The molecule has 0 saturated carbocycles. The monoisotopic (exact) mass is 179 g/mol. The number of pyridine rings is 1. The highest BCUT2D eigenvalue weighted by atomic mass is 32.1. The second-order valence-corrected chi connectivity index (χ2v) is 3.31. The van der Waals surface area contributed by atoms with Gasteiger partial charge in [0.2, 0.25) is 0 Å². The van der Waals surface area contributed by atoms with Crippen LogP contribution in [0.5, 0.6) is 0 Å². The molecule has 0 aromatic carbocycles. The van der Waals surface area contributed by atoms with E-state index in [-0.39, 0.29) is 0 Å². The molecule has 0 bridgehead atoms. The summed E-state index contributed by atoms with van der Waals surface area (Å²) in [5, 5.41) is 0.495. The molecule has 0 aliphatic rings. The van der Waals surface area contributed by atoms with Gasteiger partial charge < -0.3 is 5.73 Å². The van der Waals surface area contributed by atoms with Crippen molar-refractivity contribution in [3.05, 3.63) is 18.0 Å². The standard InChI is InChI=1S/C7H5N3OS/c8-7-10-5-2-9-4(3-11)1-6(5)12-7/h1-3H,(H2,8,10). The molecule has 0 radical (unpaired) electrons. The summed E-state index contributed by atoms with van der Waals surface area (Å²) in [6, 6.07) is 1.68. The summed E-state index contributed by atoms with van der Waals surface area (Å²) >= 11 is 1.35. The average Bonchev–Trinajstić information content (AvgIpc) is 2.43. The van der Waals surface area contributed by atoms with Crippen LogP contribution in [0.4, 0.5) is 5.13 Å². The number of nitrogens with two attached hydrogens (primary N) is 1. The molecule has 2 aromatic rings. The van der Waals surface area contributed by atoms with E-state index in [0.717, 1.165) is 10.2 Å². The third-order valence-electron chi connectivity index (χ3n) is 1.43. The molecule has 0 aliphatic heterocycles. The average molecular weight is 179 g/mol. The molecular weight excluding hydrogens is 174 g/mol. The van der Waals surface area contributed by atoms with Crippen LogP contribution in [-0.4, -0.2) is 16.3 Å². The molecule has 0 fully saturated rings. The van der Waals surface area contributed by atoms with Crippen molar-refractivity contribution in [3.63, 3.8) is 0 Å². The summed E-state index contributed by atoms with van der Waals surface area (Å²) in [5.74, 6) is 0. The van der Waals surface area contributed by atoms with Gasteiger partial charge in [0.15, 0.2) is 11.4 Å². The van der Waals surface area contributed by atoms with Gasteiger partial charge in [0.1, 0.15) is 11.2 Å². The molecule has 12 heavy (non-hydrogen) atoms. The highest BCUT2D eigenvalue weighted by Gasteiger charge is 2.01. The van der Waals surface area contributed by atoms with E-state index in [1.807, 2.05) is 0 Å². The normalized spacial score (nSPS) is 10.3. The number of carbonyl (C=O) groups is 1. The Morgan fingerprint density at radius 3 is 3.17 bits per heavy atom. The van der Waals surface area contributed by atoms with Crippen molar-refractivity contribution in [2.45, 2.75) is 0 Å². The quantitative estimate of drug-likeness (QED) is 0.665. The lowest BCUT2D eigenvalue weighted by molar-refractivity contribution is 0.111. The van der Waals surface area contributed by atoms with E-state index >= 15 is 0 Å². The number of anilines is 1. The van der Waals surface area contributed by atoms with Crippen LogP contribution in [0, 0.1) is 0 Å². The van der Waals surface area contributed by atoms with Gasteiger partial charge in [-0.05, 0) is 6.07 Å². The van der Waals surface area contributed by atoms with Crippen molar-refractivity contribution in [1.82, 2.24) is 9.97 Å². The second-order valence-electron chi connectivity index (χ2n) is 2.25. The number of fused-ring (bicyclic) bond motifs is 1. The maximum absolute atomic E-state index is 10.3. The Hall–Kier alpha value is -1.49. The van der Waals surface area contributed by atoms with Crippen LogP contribution in [0.2, 0.25) is 0 Å². The van der Waals surface area contributed by atoms with Gasteiger partial charge in [0.25, 0.3) is 0 Å². The molecule has 0 atom stereocenters. The van der Waals surface area contributed by atoms with Gasteiger partial charge in [-0.3, -0.25) is 9.78 Å².